The van der Waals surface area contributed by atoms with Gasteiger partial charge in [-0.15, -0.1) is 0 Å². The van der Waals surface area contributed by atoms with Crippen LogP contribution in [0.5, 0.6) is 5.75 Å². The van der Waals surface area contributed by atoms with Gasteiger partial charge >= 0.3 is 6.07 Å². The van der Waals surface area contributed by atoms with E-state index in [1.54, 1.807) is 12.1 Å². The highest BCUT2D eigenvalue weighted by Crippen LogP contribution is 2.57. The number of benzene rings is 1. The van der Waals surface area contributed by atoms with E-state index in [2.05, 4.69) is 13.8 Å². The van der Waals surface area contributed by atoms with Gasteiger partial charge in [0.05, 0.1) is 0 Å². The molecule has 0 N–H and O–H groups in total. The van der Waals surface area contributed by atoms with Crippen molar-refractivity contribution in [3.63, 3.8) is 0 Å². The van der Waals surface area contributed by atoms with Gasteiger partial charge in [-0.3, -0.25) is 0 Å². The predicted molar refractivity (Wildman–Crippen MR) is 64.9 cm³/mol. The van der Waals surface area contributed by atoms with Gasteiger partial charge in [-0.25, -0.2) is 4.57 Å². The van der Waals surface area contributed by atoms with Gasteiger partial charge in [-0.05, 0) is 30.0 Å². The minimum Gasteiger partial charge on any atom is -0.422 e. The molecule has 0 bridgehead atoms. The van der Waals surface area contributed by atoms with Crippen LogP contribution in [-0.2, 0) is 11.0 Å². The summed E-state index contributed by atoms with van der Waals surface area (Å²) in [4.78, 5) is 0. The van der Waals surface area contributed by atoms with Crippen molar-refractivity contribution in [2.24, 2.45) is 5.92 Å². The van der Waals surface area contributed by atoms with Gasteiger partial charge in [0.25, 0.3) is 0 Å². The molecule has 0 spiro atoms. The Hall–Kier alpha value is -0.170. The lowest BCUT2D eigenvalue weighted by Gasteiger charge is -2.08. The topological polar surface area (TPSA) is 26.3 Å². The van der Waals surface area contributed by atoms with E-state index in [9.17, 15) is 4.57 Å². The van der Waals surface area contributed by atoms with E-state index in [-0.39, 0.29) is 0 Å². The SMILES string of the molecule is CC(C)Cc1ccc(OP(=O)(Cl)Cl)cc1. The highest BCUT2D eigenvalue weighted by atomic mass is 35.9. The Labute approximate surface area is 99.6 Å². The van der Waals surface area contributed by atoms with Gasteiger partial charge in [-0.2, -0.15) is 0 Å². The summed E-state index contributed by atoms with van der Waals surface area (Å²) in [6.07, 6.45) is -2.49. The van der Waals surface area contributed by atoms with Crippen LogP contribution in [0.2, 0.25) is 0 Å². The molecular formula is C10H13Cl2O2P. The standard InChI is InChI=1S/C10H13Cl2O2P/c1-8(2)7-9-3-5-10(6-4-9)14-15(11,12)13/h3-6,8H,7H2,1-2H3. The summed E-state index contributed by atoms with van der Waals surface area (Å²) >= 11 is 10.6. The molecule has 2 nitrogen and oxygen atoms in total. The molecule has 0 amide bonds. The Morgan fingerprint density at radius 3 is 2.20 bits per heavy atom. The fourth-order valence-electron chi connectivity index (χ4n) is 1.28. The maximum Gasteiger partial charge on any atom is 0.428 e. The fourth-order valence-corrected chi connectivity index (χ4v) is 2.13. The minimum absolute atomic E-state index is 0.427. The van der Waals surface area contributed by atoms with Crippen LogP contribution in [0.3, 0.4) is 0 Å². The molecule has 0 aromatic heterocycles. The number of rotatable bonds is 4. The molecule has 1 aromatic rings. The largest absolute Gasteiger partial charge is 0.428 e. The summed E-state index contributed by atoms with van der Waals surface area (Å²) in [6, 6.07) is 7.27. The first-order valence-corrected chi connectivity index (χ1v) is 8.08. The van der Waals surface area contributed by atoms with Crippen molar-refractivity contribution >= 4 is 28.6 Å². The predicted octanol–water partition coefficient (Wildman–Crippen LogP) is 4.85. The zero-order valence-corrected chi connectivity index (χ0v) is 11.0. The molecule has 0 heterocycles. The molecule has 0 aliphatic heterocycles. The van der Waals surface area contributed by atoms with Crippen molar-refractivity contribution in [1.29, 1.82) is 0 Å². The van der Waals surface area contributed by atoms with E-state index in [4.69, 9.17) is 27.0 Å². The second-order valence-corrected chi connectivity index (χ2v) is 7.95. The van der Waals surface area contributed by atoms with Crippen LogP contribution >= 0.6 is 28.6 Å². The molecule has 1 aromatic carbocycles. The molecule has 0 aliphatic rings. The summed E-state index contributed by atoms with van der Waals surface area (Å²) in [6.45, 7) is 4.30. The monoisotopic (exact) mass is 266 g/mol. The summed E-state index contributed by atoms with van der Waals surface area (Å²) in [5.74, 6) is 1.03. The Morgan fingerprint density at radius 2 is 1.80 bits per heavy atom. The molecule has 0 aliphatic carbocycles. The van der Waals surface area contributed by atoms with Gasteiger partial charge in [0, 0.05) is 22.5 Å². The third-order valence-corrected chi connectivity index (χ3v) is 2.62. The number of hydrogen-bond donors (Lipinski definition) is 0. The molecule has 0 fully saturated rings. The van der Waals surface area contributed by atoms with E-state index in [1.165, 1.54) is 5.56 Å². The molecule has 1 rings (SSSR count). The first kappa shape index (κ1) is 12.9. The van der Waals surface area contributed by atoms with Crippen LogP contribution in [0.25, 0.3) is 0 Å². The smallest absolute Gasteiger partial charge is 0.422 e. The second-order valence-electron chi connectivity index (χ2n) is 3.75. The Bertz CT molecular complexity index is 356. The molecule has 0 saturated carbocycles. The quantitative estimate of drug-likeness (QED) is 0.729. The van der Waals surface area contributed by atoms with Crippen molar-refractivity contribution in [3.05, 3.63) is 29.8 Å². The fraction of sp³-hybridized carbons (Fsp3) is 0.400. The molecule has 5 heteroatoms. The third-order valence-electron chi connectivity index (χ3n) is 1.78. The second kappa shape index (κ2) is 5.25. The summed E-state index contributed by atoms with van der Waals surface area (Å²) in [5.41, 5.74) is 1.20. The van der Waals surface area contributed by atoms with Gasteiger partial charge in [-0.1, -0.05) is 26.0 Å². The summed E-state index contributed by atoms with van der Waals surface area (Å²) in [7, 11) is 0. The first-order chi connectivity index (χ1) is 6.87. The zero-order valence-electron chi connectivity index (χ0n) is 8.61. The van der Waals surface area contributed by atoms with Gasteiger partial charge in [0.2, 0.25) is 0 Å². The minimum atomic E-state index is -3.49. The third kappa shape index (κ3) is 5.46. The van der Waals surface area contributed by atoms with Crippen LogP contribution < -0.4 is 4.52 Å². The molecule has 0 saturated heterocycles. The zero-order chi connectivity index (χ0) is 11.5. The normalized spacial score (nSPS) is 11.8. The maximum absolute atomic E-state index is 11.0. The van der Waals surface area contributed by atoms with Gasteiger partial charge in [0.1, 0.15) is 5.75 Å². The van der Waals surface area contributed by atoms with E-state index in [0.29, 0.717) is 11.7 Å². The lowest BCUT2D eigenvalue weighted by atomic mass is 10.0. The van der Waals surface area contributed by atoms with Crippen molar-refractivity contribution in [2.45, 2.75) is 20.3 Å². The maximum atomic E-state index is 11.0. The summed E-state index contributed by atoms with van der Waals surface area (Å²) < 4.78 is 15.8. The van der Waals surface area contributed by atoms with Crippen LogP contribution in [0.1, 0.15) is 19.4 Å². The van der Waals surface area contributed by atoms with Crippen molar-refractivity contribution in [1.82, 2.24) is 0 Å². The van der Waals surface area contributed by atoms with Crippen LogP contribution in [0.15, 0.2) is 24.3 Å². The van der Waals surface area contributed by atoms with Gasteiger partial charge in [0.15, 0.2) is 0 Å². The lowest BCUT2D eigenvalue weighted by Crippen LogP contribution is -1.93. The molecule has 0 radical (unpaired) electrons. The Kier molecular flexibility index (Phi) is 4.51. The average molecular weight is 267 g/mol. The highest BCUT2D eigenvalue weighted by molar-refractivity contribution is 8.05. The Morgan fingerprint density at radius 1 is 1.27 bits per heavy atom. The molecule has 84 valence electrons. The van der Waals surface area contributed by atoms with E-state index < -0.39 is 6.07 Å². The lowest BCUT2D eigenvalue weighted by molar-refractivity contribution is 0.513. The van der Waals surface area contributed by atoms with Crippen molar-refractivity contribution in [3.8, 4) is 5.75 Å². The van der Waals surface area contributed by atoms with E-state index >= 15 is 0 Å². The molecule has 0 atom stereocenters. The first-order valence-electron chi connectivity index (χ1n) is 4.65. The Balaban J connectivity index is 2.68. The van der Waals surface area contributed by atoms with E-state index in [1.807, 2.05) is 12.1 Å². The highest BCUT2D eigenvalue weighted by Gasteiger charge is 2.15. The van der Waals surface area contributed by atoms with Crippen molar-refractivity contribution in [2.75, 3.05) is 0 Å². The van der Waals surface area contributed by atoms with Crippen LogP contribution in [-0.4, -0.2) is 0 Å². The molecule has 0 unspecified atom stereocenters. The van der Waals surface area contributed by atoms with Crippen LogP contribution in [0, 0.1) is 5.92 Å². The molecule has 15 heavy (non-hydrogen) atoms. The number of hydrogen-bond acceptors (Lipinski definition) is 2. The van der Waals surface area contributed by atoms with E-state index in [0.717, 1.165) is 6.42 Å². The number of halogens is 2. The van der Waals surface area contributed by atoms with Crippen molar-refractivity contribution < 1.29 is 9.09 Å². The summed E-state index contributed by atoms with van der Waals surface area (Å²) in [5, 5.41) is 0. The van der Waals surface area contributed by atoms with Gasteiger partial charge < -0.3 is 4.52 Å². The molecular weight excluding hydrogens is 254 g/mol. The average Bonchev–Trinajstić information content (AvgIpc) is 2.05. The van der Waals surface area contributed by atoms with Crippen LogP contribution in [0.4, 0.5) is 0 Å².